The number of ketones is 1. The number of ether oxygens (including phenoxy) is 2. The fraction of sp³-hybridized carbons (Fsp3) is 0.364. The van der Waals surface area contributed by atoms with Gasteiger partial charge in [0.1, 0.15) is 5.75 Å². The molecule has 0 aliphatic carbocycles. The van der Waals surface area contributed by atoms with Gasteiger partial charge in [-0.1, -0.05) is 50.2 Å². The van der Waals surface area contributed by atoms with Gasteiger partial charge < -0.3 is 25.2 Å². The van der Waals surface area contributed by atoms with Crippen molar-refractivity contribution in [1.82, 2.24) is 9.62 Å². The number of hydrogen-bond donors (Lipinski definition) is 3. The van der Waals surface area contributed by atoms with E-state index in [1.54, 1.807) is 36.4 Å². The maximum atomic E-state index is 13.7. The van der Waals surface area contributed by atoms with Crippen LogP contribution in [0, 0.1) is 5.92 Å². The quantitative estimate of drug-likeness (QED) is 0.141. The van der Waals surface area contributed by atoms with Crippen LogP contribution in [0.5, 0.6) is 5.75 Å². The fourth-order valence-electron chi connectivity index (χ4n) is 4.65. The Morgan fingerprint density at radius 3 is 2.27 bits per heavy atom. The van der Waals surface area contributed by atoms with Gasteiger partial charge in [-0.2, -0.15) is 4.31 Å². The molecule has 0 fully saturated rings. The van der Waals surface area contributed by atoms with Crippen molar-refractivity contribution in [3.63, 3.8) is 0 Å². The molecule has 45 heavy (non-hydrogen) atoms. The third-order valence-electron chi connectivity index (χ3n) is 7.02. The van der Waals surface area contributed by atoms with Crippen molar-refractivity contribution in [3.05, 3.63) is 90.0 Å². The van der Waals surface area contributed by atoms with E-state index >= 15 is 0 Å². The first-order valence-electron chi connectivity index (χ1n) is 14.5. The normalized spacial score (nSPS) is 13.5. The number of aliphatic hydroxyl groups excluding tert-OH is 1. The van der Waals surface area contributed by atoms with Crippen LogP contribution in [-0.2, 0) is 30.8 Å². The molecule has 3 N–H and O–H groups in total. The number of carbonyl (C=O) groups is 3. The minimum atomic E-state index is -4.05. The lowest BCUT2D eigenvalue weighted by Crippen LogP contribution is -2.54. The molecule has 0 saturated carbocycles. The topological polar surface area (TPSA) is 151 Å². The molecule has 0 heterocycles. The zero-order chi connectivity index (χ0) is 33.0. The molecule has 0 saturated heterocycles. The number of sulfonamides is 1. The average Bonchev–Trinajstić information content (AvgIpc) is 3.02. The van der Waals surface area contributed by atoms with E-state index in [0.717, 1.165) is 5.56 Å². The molecule has 11 nitrogen and oxygen atoms in total. The van der Waals surface area contributed by atoms with Gasteiger partial charge in [0.25, 0.3) is 12.4 Å². The Labute approximate surface area is 264 Å². The van der Waals surface area contributed by atoms with Crippen LogP contribution in [0.25, 0.3) is 0 Å². The summed E-state index contributed by atoms with van der Waals surface area (Å²) in [6.45, 7) is 5.07. The van der Waals surface area contributed by atoms with Crippen molar-refractivity contribution in [2.45, 2.75) is 50.3 Å². The predicted molar refractivity (Wildman–Crippen MR) is 171 cm³/mol. The number of carbonyl (C=O) groups excluding carboxylic acids is 3. The summed E-state index contributed by atoms with van der Waals surface area (Å²) in [4.78, 5) is 36.3. The molecule has 0 unspecified atom stereocenters. The highest BCUT2D eigenvalue weighted by molar-refractivity contribution is 7.89. The number of rotatable bonds is 18. The first-order chi connectivity index (χ1) is 21.4. The van der Waals surface area contributed by atoms with Gasteiger partial charge in [0.05, 0.1) is 30.7 Å². The van der Waals surface area contributed by atoms with Gasteiger partial charge in [-0.05, 0) is 61.2 Å². The molecule has 0 aromatic heterocycles. The summed E-state index contributed by atoms with van der Waals surface area (Å²) in [6.07, 6.45) is -2.43. The van der Waals surface area contributed by atoms with Crippen LogP contribution in [0.4, 0.5) is 5.69 Å². The Balaban J connectivity index is 1.84. The molecular weight excluding hydrogens is 598 g/mol. The largest absolute Gasteiger partial charge is 0.497 e. The van der Waals surface area contributed by atoms with Crippen molar-refractivity contribution in [3.8, 4) is 5.75 Å². The Morgan fingerprint density at radius 2 is 1.67 bits per heavy atom. The minimum absolute atomic E-state index is 0.0141. The third kappa shape index (κ3) is 10.4. The molecule has 12 heteroatoms. The maximum Gasteiger partial charge on any atom is 0.293 e. The van der Waals surface area contributed by atoms with Crippen molar-refractivity contribution < 1.29 is 37.4 Å². The Morgan fingerprint density at radius 1 is 0.978 bits per heavy atom. The SMILES string of the molecule is COc1cccc(S(=O)(=O)N(CC(C)C)C[C@@H](O)[C@H](Cc2ccccc2)NC(=O)[C@H](CNc2ccc(C(C)=O)cc2)OC=O)c1. The van der Waals surface area contributed by atoms with Crippen LogP contribution >= 0.6 is 0 Å². The van der Waals surface area contributed by atoms with Crippen LogP contribution in [0.3, 0.4) is 0 Å². The smallest absolute Gasteiger partial charge is 0.293 e. The fourth-order valence-corrected chi connectivity index (χ4v) is 6.31. The number of hydrogen-bond acceptors (Lipinski definition) is 9. The van der Waals surface area contributed by atoms with E-state index in [9.17, 15) is 27.9 Å². The second-order valence-electron chi connectivity index (χ2n) is 11.0. The van der Waals surface area contributed by atoms with Gasteiger partial charge in [-0.15, -0.1) is 0 Å². The van der Waals surface area contributed by atoms with Gasteiger partial charge in [-0.25, -0.2) is 8.42 Å². The van der Waals surface area contributed by atoms with E-state index in [0.29, 0.717) is 17.0 Å². The summed E-state index contributed by atoms with van der Waals surface area (Å²) in [6, 6.07) is 20.9. The van der Waals surface area contributed by atoms with Crippen LogP contribution in [-0.4, -0.2) is 81.0 Å². The van der Waals surface area contributed by atoms with Crippen LogP contribution < -0.4 is 15.4 Å². The van der Waals surface area contributed by atoms with E-state index in [1.165, 1.54) is 30.5 Å². The second kappa shape index (κ2) is 16.7. The number of aliphatic hydroxyl groups is 1. The highest BCUT2D eigenvalue weighted by Crippen LogP contribution is 2.23. The standard InChI is InChI=1S/C33H41N3O8S/c1-23(2)20-36(45(41,42)29-12-8-11-28(18-29)43-4)21-31(39)30(17-25-9-6-5-7-10-25)35-33(40)32(44-22-37)19-34-27-15-13-26(14-16-27)24(3)38/h5-16,18,22-23,30-32,34,39H,17,19-21H2,1-4H3,(H,35,40)/t30-,31+,32-/m0/s1. The first-order valence-corrected chi connectivity index (χ1v) is 16.0. The third-order valence-corrected chi connectivity index (χ3v) is 8.85. The Hall–Kier alpha value is -4.26. The molecule has 3 rings (SSSR count). The maximum absolute atomic E-state index is 13.7. The summed E-state index contributed by atoms with van der Waals surface area (Å²) in [7, 11) is -2.61. The molecule has 3 atom stereocenters. The highest BCUT2D eigenvalue weighted by atomic mass is 32.2. The molecule has 242 valence electrons. The molecule has 0 aliphatic rings. The number of benzene rings is 3. The van der Waals surface area contributed by atoms with Gasteiger partial charge in [0.2, 0.25) is 10.0 Å². The summed E-state index contributed by atoms with van der Waals surface area (Å²) in [5.41, 5.74) is 1.92. The summed E-state index contributed by atoms with van der Waals surface area (Å²) >= 11 is 0. The lowest BCUT2D eigenvalue weighted by atomic mass is 10.0. The average molecular weight is 640 g/mol. The van der Waals surface area contributed by atoms with Gasteiger partial charge >= 0.3 is 0 Å². The zero-order valence-corrected chi connectivity index (χ0v) is 26.7. The van der Waals surface area contributed by atoms with Gasteiger partial charge in [-0.3, -0.25) is 14.4 Å². The van der Waals surface area contributed by atoms with E-state index in [2.05, 4.69) is 10.6 Å². The van der Waals surface area contributed by atoms with Crippen molar-refractivity contribution in [2.75, 3.05) is 32.1 Å². The lowest BCUT2D eigenvalue weighted by Gasteiger charge is -2.31. The van der Waals surface area contributed by atoms with E-state index in [-0.39, 0.29) is 49.1 Å². The molecule has 0 spiro atoms. The minimum Gasteiger partial charge on any atom is -0.497 e. The number of amides is 1. The highest BCUT2D eigenvalue weighted by Gasteiger charge is 2.33. The predicted octanol–water partition coefficient (Wildman–Crippen LogP) is 3.29. The van der Waals surface area contributed by atoms with Crippen LogP contribution in [0.15, 0.2) is 83.8 Å². The Kier molecular flexibility index (Phi) is 13.1. The first kappa shape index (κ1) is 35.2. The van der Waals surface area contributed by atoms with Crippen LogP contribution in [0.2, 0.25) is 0 Å². The number of Topliss-reactive ketones (excluding diaryl/α,β-unsaturated/α-hetero) is 1. The molecule has 0 bridgehead atoms. The molecule has 1 amide bonds. The molecular formula is C33H41N3O8S. The summed E-state index contributed by atoms with van der Waals surface area (Å²) < 4.78 is 39.0. The number of methoxy groups -OCH3 is 1. The van der Waals surface area contributed by atoms with E-state index < -0.39 is 34.2 Å². The molecule has 0 radical (unpaired) electrons. The second-order valence-corrected chi connectivity index (χ2v) is 12.9. The lowest BCUT2D eigenvalue weighted by molar-refractivity contribution is -0.144. The monoisotopic (exact) mass is 639 g/mol. The molecule has 3 aromatic rings. The molecule has 0 aliphatic heterocycles. The van der Waals surface area contributed by atoms with Gasteiger partial charge in [0.15, 0.2) is 11.9 Å². The van der Waals surface area contributed by atoms with Crippen molar-refractivity contribution >= 4 is 33.9 Å². The Bertz CT molecular complexity index is 1510. The van der Waals surface area contributed by atoms with Gasteiger partial charge in [0, 0.05) is 30.4 Å². The number of nitrogens with zero attached hydrogens (tertiary/aromatic N) is 1. The van der Waals surface area contributed by atoms with Crippen molar-refractivity contribution in [1.29, 1.82) is 0 Å². The van der Waals surface area contributed by atoms with E-state index in [4.69, 9.17) is 9.47 Å². The van der Waals surface area contributed by atoms with Crippen LogP contribution in [0.1, 0.15) is 36.7 Å². The summed E-state index contributed by atoms with van der Waals surface area (Å²) in [5, 5.41) is 17.3. The number of nitrogens with one attached hydrogen (secondary N) is 2. The van der Waals surface area contributed by atoms with E-state index in [1.807, 2.05) is 44.2 Å². The van der Waals surface area contributed by atoms with Crippen molar-refractivity contribution in [2.24, 2.45) is 5.92 Å². The summed E-state index contributed by atoms with van der Waals surface area (Å²) in [5.74, 6) is -0.462. The zero-order valence-electron chi connectivity index (χ0n) is 25.9. The molecule has 3 aromatic carbocycles. The number of anilines is 1.